The van der Waals surface area contributed by atoms with Gasteiger partial charge >= 0.3 is 6.18 Å². The van der Waals surface area contributed by atoms with Gasteiger partial charge in [0.25, 0.3) is 0 Å². The van der Waals surface area contributed by atoms with E-state index in [2.05, 4.69) is 32.4 Å². The fourth-order valence-electron chi connectivity index (χ4n) is 3.91. The molecule has 0 radical (unpaired) electrons. The molecular formula is C20H23F3N6. The summed E-state index contributed by atoms with van der Waals surface area (Å²) >= 11 is 0. The molecule has 0 spiro atoms. The van der Waals surface area contributed by atoms with E-state index in [-0.39, 0.29) is 11.6 Å². The number of likely N-dealkylation sites (N-methyl/N-ethyl adjacent to an activating group) is 1. The molecule has 154 valence electrons. The summed E-state index contributed by atoms with van der Waals surface area (Å²) in [5, 5.41) is 12.0. The van der Waals surface area contributed by atoms with E-state index in [4.69, 9.17) is 0 Å². The first-order valence-corrected chi connectivity index (χ1v) is 9.60. The van der Waals surface area contributed by atoms with Crippen molar-refractivity contribution in [3.63, 3.8) is 0 Å². The standard InChI is InChI=1S/C20H23F3N6/c1-13-5-6-16(14(8-13)9-20(21,22)23)18-17-10-24-12-29(17)19(27-26-18)25-15-4-3-7-28(2)11-15/h5-6,8,10,12,15H,3-4,7,9,11H2,1-2H3,(H,25,27)/t15-/m1/s1. The monoisotopic (exact) mass is 404 g/mol. The van der Waals surface area contributed by atoms with Crippen LogP contribution in [0.2, 0.25) is 0 Å². The largest absolute Gasteiger partial charge is 0.393 e. The molecule has 1 aliphatic rings. The first-order chi connectivity index (χ1) is 13.8. The first-order valence-electron chi connectivity index (χ1n) is 9.60. The van der Waals surface area contributed by atoms with Gasteiger partial charge in [0.15, 0.2) is 0 Å². The quantitative estimate of drug-likeness (QED) is 0.718. The molecule has 3 heterocycles. The van der Waals surface area contributed by atoms with Crippen LogP contribution >= 0.6 is 0 Å². The predicted molar refractivity (Wildman–Crippen MR) is 105 cm³/mol. The molecule has 3 aromatic rings. The Balaban J connectivity index is 1.73. The normalized spacial score (nSPS) is 18.3. The Morgan fingerprint density at radius 3 is 2.83 bits per heavy atom. The van der Waals surface area contributed by atoms with Crippen molar-refractivity contribution in [2.45, 2.75) is 38.4 Å². The number of aromatic nitrogens is 4. The Bertz CT molecular complexity index is 1010. The molecule has 1 atom stereocenters. The van der Waals surface area contributed by atoms with Gasteiger partial charge in [-0.15, -0.1) is 10.2 Å². The highest BCUT2D eigenvalue weighted by atomic mass is 19.4. The summed E-state index contributed by atoms with van der Waals surface area (Å²) in [5.41, 5.74) is 2.40. The summed E-state index contributed by atoms with van der Waals surface area (Å²) in [4.78, 5) is 6.44. The van der Waals surface area contributed by atoms with E-state index in [1.165, 1.54) is 0 Å². The highest BCUT2D eigenvalue weighted by Crippen LogP contribution is 2.32. The smallest absolute Gasteiger partial charge is 0.350 e. The SMILES string of the molecule is Cc1ccc(-c2nnc(N[C@@H]3CCCN(C)C3)n3cncc23)c(CC(F)(F)F)c1. The van der Waals surface area contributed by atoms with Gasteiger partial charge in [-0.25, -0.2) is 4.98 Å². The third kappa shape index (κ3) is 4.34. The second kappa shape index (κ2) is 7.62. The molecule has 6 nitrogen and oxygen atoms in total. The topological polar surface area (TPSA) is 58.4 Å². The molecule has 1 N–H and O–H groups in total. The van der Waals surface area contributed by atoms with Crippen molar-refractivity contribution in [3.8, 4) is 11.3 Å². The minimum atomic E-state index is -4.30. The summed E-state index contributed by atoms with van der Waals surface area (Å²) in [7, 11) is 2.08. The molecule has 29 heavy (non-hydrogen) atoms. The molecule has 1 aliphatic heterocycles. The zero-order chi connectivity index (χ0) is 20.6. The van der Waals surface area contributed by atoms with Crippen LogP contribution in [0.5, 0.6) is 0 Å². The van der Waals surface area contributed by atoms with Crippen molar-refractivity contribution in [1.82, 2.24) is 24.5 Å². The number of aryl methyl sites for hydroxylation is 1. The lowest BCUT2D eigenvalue weighted by Crippen LogP contribution is -2.40. The van der Waals surface area contributed by atoms with Gasteiger partial charge < -0.3 is 10.2 Å². The molecule has 0 aliphatic carbocycles. The number of hydrogen-bond donors (Lipinski definition) is 1. The van der Waals surface area contributed by atoms with Crippen LogP contribution in [-0.2, 0) is 6.42 Å². The molecule has 1 fully saturated rings. The number of nitrogens with one attached hydrogen (secondary N) is 1. The average Bonchev–Trinajstić information content (AvgIpc) is 3.12. The predicted octanol–water partition coefficient (Wildman–Crippen LogP) is 3.71. The van der Waals surface area contributed by atoms with Crippen molar-refractivity contribution in [3.05, 3.63) is 41.9 Å². The second-order valence-corrected chi connectivity index (χ2v) is 7.72. The number of fused-ring (bicyclic) bond motifs is 1. The van der Waals surface area contributed by atoms with E-state index in [0.717, 1.165) is 31.5 Å². The van der Waals surface area contributed by atoms with Crippen LogP contribution in [0.3, 0.4) is 0 Å². The minimum Gasteiger partial charge on any atom is -0.350 e. The number of halogens is 3. The summed E-state index contributed by atoms with van der Waals surface area (Å²) in [6.07, 6.45) is 0.0232. The van der Waals surface area contributed by atoms with E-state index in [9.17, 15) is 13.2 Å². The van der Waals surface area contributed by atoms with Crippen LogP contribution in [-0.4, -0.2) is 56.8 Å². The van der Waals surface area contributed by atoms with Crippen LogP contribution < -0.4 is 5.32 Å². The maximum absolute atomic E-state index is 13.1. The maximum atomic E-state index is 13.1. The van der Waals surface area contributed by atoms with E-state index in [0.29, 0.717) is 22.7 Å². The van der Waals surface area contributed by atoms with Gasteiger partial charge in [0.05, 0.1) is 18.1 Å². The van der Waals surface area contributed by atoms with Gasteiger partial charge in [-0.2, -0.15) is 13.2 Å². The Labute approximate surface area is 166 Å². The highest BCUT2D eigenvalue weighted by Gasteiger charge is 2.30. The number of nitrogens with zero attached hydrogens (tertiary/aromatic N) is 5. The van der Waals surface area contributed by atoms with Crippen molar-refractivity contribution in [1.29, 1.82) is 0 Å². The number of anilines is 1. The molecule has 2 aromatic heterocycles. The van der Waals surface area contributed by atoms with Gasteiger partial charge in [-0.3, -0.25) is 4.40 Å². The molecule has 0 bridgehead atoms. The van der Waals surface area contributed by atoms with Gasteiger partial charge in [-0.1, -0.05) is 23.8 Å². The van der Waals surface area contributed by atoms with Crippen LogP contribution in [0.25, 0.3) is 16.8 Å². The summed E-state index contributed by atoms with van der Waals surface area (Å²) in [6.45, 7) is 3.74. The zero-order valence-electron chi connectivity index (χ0n) is 16.4. The molecule has 0 saturated carbocycles. The molecular weight excluding hydrogens is 381 g/mol. The highest BCUT2D eigenvalue weighted by molar-refractivity contribution is 5.79. The Hall–Kier alpha value is -2.68. The lowest BCUT2D eigenvalue weighted by atomic mass is 9.98. The number of likely N-dealkylation sites (tertiary alicyclic amines) is 1. The Kier molecular flexibility index (Phi) is 5.16. The average molecular weight is 404 g/mol. The fraction of sp³-hybridized carbons (Fsp3) is 0.450. The van der Waals surface area contributed by atoms with Crippen molar-refractivity contribution in [2.24, 2.45) is 0 Å². The number of benzene rings is 1. The Morgan fingerprint density at radius 1 is 1.24 bits per heavy atom. The summed E-state index contributed by atoms with van der Waals surface area (Å²) < 4.78 is 41.1. The van der Waals surface area contributed by atoms with Gasteiger partial charge in [0.1, 0.15) is 12.0 Å². The number of alkyl halides is 3. The fourth-order valence-corrected chi connectivity index (χ4v) is 3.91. The van der Waals surface area contributed by atoms with Gasteiger partial charge in [0, 0.05) is 18.2 Å². The first kappa shape index (κ1) is 19.6. The van der Waals surface area contributed by atoms with Crippen LogP contribution in [0, 0.1) is 6.92 Å². The van der Waals surface area contributed by atoms with Crippen molar-refractivity contribution in [2.75, 3.05) is 25.5 Å². The number of hydrogen-bond acceptors (Lipinski definition) is 5. The van der Waals surface area contributed by atoms with E-state index < -0.39 is 12.6 Å². The minimum absolute atomic E-state index is 0.185. The van der Waals surface area contributed by atoms with E-state index in [1.807, 2.05) is 0 Å². The molecule has 1 saturated heterocycles. The van der Waals surface area contributed by atoms with Crippen molar-refractivity contribution >= 4 is 11.5 Å². The zero-order valence-corrected chi connectivity index (χ0v) is 16.4. The van der Waals surface area contributed by atoms with Gasteiger partial charge in [0.2, 0.25) is 5.95 Å². The number of imidazole rings is 1. The molecule has 0 amide bonds. The molecule has 4 rings (SSSR count). The van der Waals surface area contributed by atoms with Gasteiger partial charge in [-0.05, 0) is 38.9 Å². The third-order valence-corrected chi connectivity index (χ3v) is 5.22. The lowest BCUT2D eigenvalue weighted by molar-refractivity contribution is -0.127. The maximum Gasteiger partial charge on any atom is 0.393 e. The molecule has 9 heteroatoms. The number of rotatable bonds is 4. The van der Waals surface area contributed by atoms with Crippen molar-refractivity contribution < 1.29 is 13.2 Å². The Morgan fingerprint density at radius 2 is 2.07 bits per heavy atom. The van der Waals surface area contributed by atoms with Crippen LogP contribution in [0.15, 0.2) is 30.7 Å². The third-order valence-electron chi connectivity index (χ3n) is 5.22. The summed E-state index contributed by atoms with van der Waals surface area (Å²) in [6, 6.07) is 5.26. The summed E-state index contributed by atoms with van der Waals surface area (Å²) in [5.74, 6) is 0.547. The van der Waals surface area contributed by atoms with Crippen LogP contribution in [0.4, 0.5) is 19.1 Å². The number of piperidine rings is 1. The second-order valence-electron chi connectivity index (χ2n) is 7.72. The van der Waals surface area contributed by atoms with E-state index >= 15 is 0 Å². The molecule has 0 unspecified atom stereocenters. The van der Waals surface area contributed by atoms with E-state index in [1.54, 1.807) is 42.0 Å². The van der Waals surface area contributed by atoms with Crippen LogP contribution in [0.1, 0.15) is 24.0 Å². The molecule has 1 aromatic carbocycles. The lowest BCUT2D eigenvalue weighted by Gasteiger charge is -2.30.